The van der Waals surface area contributed by atoms with Crippen LogP contribution in [0.4, 0.5) is 0 Å². The Labute approximate surface area is 183 Å². The van der Waals surface area contributed by atoms with Gasteiger partial charge in [-0.15, -0.1) is 0 Å². The summed E-state index contributed by atoms with van der Waals surface area (Å²) in [5.41, 5.74) is 0.265. The molecule has 166 valence electrons. The van der Waals surface area contributed by atoms with E-state index < -0.39 is 17.2 Å². The molecule has 0 radical (unpaired) electrons. The zero-order valence-corrected chi connectivity index (χ0v) is 18.5. The number of carbonyl (C=O) groups is 2. The zero-order valence-electron chi connectivity index (χ0n) is 18.5. The number of para-hydroxylation sites is 1. The molecule has 0 atom stereocenters. The number of amides is 2. The second-order valence-electron chi connectivity index (χ2n) is 8.31. The monoisotopic (exact) mass is 425 g/mol. The van der Waals surface area contributed by atoms with E-state index in [-0.39, 0.29) is 17.7 Å². The van der Waals surface area contributed by atoms with Gasteiger partial charge in [0.05, 0.1) is 7.11 Å². The molecule has 2 amide bonds. The lowest BCUT2D eigenvalue weighted by atomic mass is 9.89. The van der Waals surface area contributed by atoms with Crippen LogP contribution >= 0.6 is 0 Å². The lowest BCUT2D eigenvalue weighted by Crippen LogP contribution is -2.35. The second kappa shape index (κ2) is 10.3. The quantitative estimate of drug-likeness (QED) is 0.739. The maximum Gasteiger partial charge on any atom is 0.258 e. The minimum atomic E-state index is -0.545. The highest BCUT2D eigenvalue weighted by atomic mass is 16.5. The van der Waals surface area contributed by atoms with E-state index in [2.05, 4.69) is 5.32 Å². The summed E-state index contributed by atoms with van der Waals surface area (Å²) in [5, 5.41) is 2.80. The van der Waals surface area contributed by atoms with Crippen molar-refractivity contribution >= 4 is 11.8 Å². The van der Waals surface area contributed by atoms with Crippen molar-refractivity contribution in [2.45, 2.75) is 45.2 Å². The van der Waals surface area contributed by atoms with Crippen molar-refractivity contribution in [1.82, 2.24) is 14.8 Å². The third-order valence-electron chi connectivity index (χ3n) is 5.79. The summed E-state index contributed by atoms with van der Waals surface area (Å²) >= 11 is 0. The third kappa shape index (κ3) is 5.54. The topological polar surface area (TPSA) is 80.6 Å². The number of benzene rings is 1. The number of rotatable bonds is 7. The van der Waals surface area contributed by atoms with Crippen LogP contribution in [0.5, 0.6) is 5.75 Å². The van der Waals surface area contributed by atoms with Crippen LogP contribution in [-0.2, 0) is 13.1 Å². The molecule has 31 heavy (non-hydrogen) atoms. The van der Waals surface area contributed by atoms with Gasteiger partial charge in [-0.25, -0.2) is 0 Å². The Morgan fingerprint density at radius 1 is 1.10 bits per heavy atom. The summed E-state index contributed by atoms with van der Waals surface area (Å²) in [6.07, 6.45) is 9.07. The fourth-order valence-electron chi connectivity index (χ4n) is 4.08. The van der Waals surface area contributed by atoms with E-state index in [1.165, 1.54) is 24.2 Å². The number of hydrogen-bond acceptors (Lipinski definition) is 4. The maximum atomic E-state index is 13.0. The van der Waals surface area contributed by atoms with Crippen molar-refractivity contribution in [2.24, 2.45) is 5.92 Å². The number of nitrogens with one attached hydrogen (secondary N) is 1. The van der Waals surface area contributed by atoms with Gasteiger partial charge in [-0.3, -0.25) is 14.4 Å². The minimum absolute atomic E-state index is 0.0154. The Balaban J connectivity index is 1.88. The fourth-order valence-corrected chi connectivity index (χ4v) is 4.08. The SMILES string of the molecule is COc1ccccc1CNC(=O)c1cn(CC2CCCCC2)cc(C(=O)N(C)C)c1=O. The summed E-state index contributed by atoms with van der Waals surface area (Å²) in [7, 11) is 4.77. The van der Waals surface area contributed by atoms with Crippen LogP contribution in [0, 0.1) is 5.92 Å². The molecule has 3 rings (SSSR count). The molecule has 1 aromatic carbocycles. The van der Waals surface area contributed by atoms with Crippen LogP contribution in [0.15, 0.2) is 41.5 Å². The summed E-state index contributed by atoms with van der Waals surface area (Å²) in [4.78, 5) is 39.9. The van der Waals surface area contributed by atoms with Gasteiger partial charge in [0, 0.05) is 45.1 Å². The minimum Gasteiger partial charge on any atom is -0.496 e. The molecule has 0 spiro atoms. The Bertz CT molecular complexity index is 991. The number of aromatic nitrogens is 1. The molecule has 0 unspecified atom stereocenters. The molecule has 2 aromatic rings. The number of methoxy groups -OCH3 is 1. The summed E-state index contributed by atoms with van der Waals surface area (Å²) in [6.45, 7) is 0.914. The van der Waals surface area contributed by atoms with Gasteiger partial charge in [-0.05, 0) is 24.8 Å². The maximum absolute atomic E-state index is 13.0. The molecule has 1 aliphatic carbocycles. The number of ether oxygens (including phenoxy) is 1. The molecule has 1 heterocycles. The van der Waals surface area contributed by atoms with Crippen molar-refractivity contribution in [3.8, 4) is 5.75 Å². The van der Waals surface area contributed by atoms with Crippen LogP contribution in [0.25, 0.3) is 0 Å². The highest BCUT2D eigenvalue weighted by molar-refractivity contribution is 5.99. The van der Waals surface area contributed by atoms with Gasteiger partial charge >= 0.3 is 0 Å². The molecule has 1 N–H and O–H groups in total. The average molecular weight is 426 g/mol. The highest BCUT2D eigenvalue weighted by Gasteiger charge is 2.22. The first-order valence-electron chi connectivity index (χ1n) is 10.8. The van der Waals surface area contributed by atoms with Crippen molar-refractivity contribution in [2.75, 3.05) is 21.2 Å². The first-order valence-corrected chi connectivity index (χ1v) is 10.8. The molecule has 1 aromatic heterocycles. The summed E-state index contributed by atoms with van der Waals surface area (Å²) in [5.74, 6) is 0.251. The third-order valence-corrected chi connectivity index (χ3v) is 5.79. The number of pyridine rings is 1. The van der Waals surface area contributed by atoms with E-state index >= 15 is 0 Å². The average Bonchev–Trinajstić information content (AvgIpc) is 2.78. The molecular formula is C24H31N3O4. The van der Waals surface area contributed by atoms with Gasteiger partial charge < -0.3 is 19.5 Å². The van der Waals surface area contributed by atoms with E-state index in [0.29, 0.717) is 18.2 Å². The zero-order chi connectivity index (χ0) is 22.4. The molecule has 0 bridgehead atoms. The molecule has 1 fully saturated rings. The number of nitrogens with zero attached hydrogens (tertiary/aromatic N) is 2. The van der Waals surface area contributed by atoms with Crippen molar-refractivity contribution in [1.29, 1.82) is 0 Å². The van der Waals surface area contributed by atoms with Gasteiger partial charge in [-0.2, -0.15) is 0 Å². The van der Waals surface area contributed by atoms with Gasteiger partial charge in [0.1, 0.15) is 16.9 Å². The van der Waals surface area contributed by atoms with Gasteiger partial charge in [0.25, 0.3) is 11.8 Å². The summed E-state index contributed by atoms with van der Waals surface area (Å²) in [6, 6.07) is 7.38. The van der Waals surface area contributed by atoms with Crippen LogP contribution in [0.1, 0.15) is 58.4 Å². The van der Waals surface area contributed by atoms with Crippen molar-refractivity contribution < 1.29 is 14.3 Å². The number of carbonyl (C=O) groups excluding carboxylic acids is 2. The lowest BCUT2D eigenvalue weighted by Gasteiger charge is -2.23. The Morgan fingerprint density at radius 2 is 1.77 bits per heavy atom. The predicted molar refractivity (Wildman–Crippen MR) is 119 cm³/mol. The normalized spacial score (nSPS) is 14.2. The summed E-state index contributed by atoms with van der Waals surface area (Å²) < 4.78 is 7.16. The standard InChI is InChI=1S/C24H31N3O4/c1-26(2)24(30)20-16-27(14-17-9-5-4-6-10-17)15-19(22(20)28)23(29)25-13-18-11-7-8-12-21(18)31-3/h7-8,11-12,15-17H,4-6,9-10,13-14H2,1-3H3,(H,25,29). The Morgan fingerprint density at radius 3 is 2.45 bits per heavy atom. The molecule has 0 saturated heterocycles. The van der Waals surface area contributed by atoms with E-state index in [4.69, 9.17) is 4.74 Å². The molecule has 7 nitrogen and oxygen atoms in total. The highest BCUT2D eigenvalue weighted by Crippen LogP contribution is 2.25. The van der Waals surface area contributed by atoms with Crippen LogP contribution in [-0.4, -0.2) is 42.5 Å². The van der Waals surface area contributed by atoms with Crippen molar-refractivity contribution in [3.63, 3.8) is 0 Å². The Kier molecular flexibility index (Phi) is 7.50. The number of hydrogen-bond donors (Lipinski definition) is 1. The van der Waals surface area contributed by atoms with Crippen LogP contribution in [0.2, 0.25) is 0 Å². The van der Waals surface area contributed by atoms with Gasteiger partial charge in [0.2, 0.25) is 5.43 Å². The molecule has 1 saturated carbocycles. The lowest BCUT2D eigenvalue weighted by molar-refractivity contribution is 0.0825. The molecular weight excluding hydrogens is 394 g/mol. The molecule has 7 heteroatoms. The van der Waals surface area contributed by atoms with Crippen LogP contribution < -0.4 is 15.5 Å². The molecule has 1 aliphatic rings. The smallest absolute Gasteiger partial charge is 0.258 e. The largest absolute Gasteiger partial charge is 0.496 e. The van der Waals surface area contributed by atoms with E-state index in [9.17, 15) is 14.4 Å². The van der Waals surface area contributed by atoms with E-state index in [0.717, 1.165) is 18.4 Å². The second-order valence-corrected chi connectivity index (χ2v) is 8.31. The fraction of sp³-hybridized carbons (Fsp3) is 0.458. The van der Waals surface area contributed by atoms with Crippen LogP contribution in [0.3, 0.4) is 0 Å². The predicted octanol–water partition coefficient (Wildman–Crippen LogP) is 3.07. The van der Waals surface area contributed by atoms with E-state index in [1.807, 2.05) is 28.8 Å². The first-order chi connectivity index (χ1) is 14.9. The van der Waals surface area contributed by atoms with Gasteiger partial charge in [0.15, 0.2) is 0 Å². The molecule has 0 aliphatic heterocycles. The Hall–Kier alpha value is -3.09. The van der Waals surface area contributed by atoms with Gasteiger partial charge in [-0.1, -0.05) is 37.5 Å². The van der Waals surface area contributed by atoms with E-state index in [1.54, 1.807) is 33.6 Å². The van der Waals surface area contributed by atoms with Crippen molar-refractivity contribution in [3.05, 3.63) is 63.6 Å². The first kappa shape index (κ1) is 22.6.